The van der Waals surface area contributed by atoms with Gasteiger partial charge in [-0.25, -0.2) is 0 Å². The Bertz CT molecular complexity index is 573. The molecule has 0 fully saturated rings. The summed E-state index contributed by atoms with van der Waals surface area (Å²) < 4.78 is 25.2. The fraction of sp³-hybridized carbons (Fsp3) is 0.143. The molecule has 2 rings (SSSR count). The van der Waals surface area contributed by atoms with E-state index in [4.69, 9.17) is 18.5 Å². The van der Waals surface area contributed by atoms with Crippen LogP contribution >= 0.6 is 17.6 Å². The minimum Gasteiger partial charge on any atom is -0.497 e. The van der Waals surface area contributed by atoms with Gasteiger partial charge in [-0.1, -0.05) is 0 Å². The molecule has 0 bridgehead atoms. The summed E-state index contributed by atoms with van der Waals surface area (Å²) in [6.07, 6.45) is 0. The van der Waals surface area contributed by atoms with Crippen LogP contribution in [0.3, 0.4) is 0 Å². The van der Waals surface area contributed by atoms with Crippen LogP contribution in [0.5, 0.6) is 23.0 Å². The molecule has 1 atom stereocenters. The van der Waals surface area contributed by atoms with E-state index < -0.39 is 0 Å². The van der Waals surface area contributed by atoms with Gasteiger partial charge in [-0.3, -0.25) is 0 Å². The molecule has 0 aliphatic carbocycles. The second-order valence-corrected chi connectivity index (χ2v) is 5.35. The average molecular weight is 323 g/mol. The lowest BCUT2D eigenvalue weighted by molar-refractivity contribution is 0.414. The lowest BCUT2D eigenvalue weighted by atomic mass is 10.3. The second-order valence-electron chi connectivity index (χ2n) is 3.82. The molecule has 1 unspecified atom stereocenters. The highest BCUT2D eigenvalue weighted by Gasteiger charge is 1.95. The summed E-state index contributed by atoms with van der Waals surface area (Å²) in [6, 6.07) is 14.7. The van der Waals surface area contributed by atoms with E-state index >= 15 is 0 Å². The molecule has 0 heterocycles. The zero-order valence-corrected chi connectivity index (χ0v) is 13.5. The molecule has 0 aliphatic heterocycles. The SMILES string of the molecule is COc1ccc(OP=NPOc2ccc(OC)cc2)cc1. The highest BCUT2D eigenvalue weighted by molar-refractivity contribution is 7.39. The van der Waals surface area contributed by atoms with Gasteiger partial charge in [0, 0.05) is 0 Å². The van der Waals surface area contributed by atoms with E-state index in [0.29, 0.717) is 8.60 Å². The molecular formula is C14H15NO4P2. The Balaban J connectivity index is 1.74. The van der Waals surface area contributed by atoms with E-state index in [1.165, 1.54) is 0 Å². The normalized spacial score (nSPS) is 11.0. The molecule has 21 heavy (non-hydrogen) atoms. The van der Waals surface area contributed by atoms with E-state index in [1.807, 2.05) is 48.5 Å². The van der Waals surface area contributed by atoms with Crippen LogP contribution in [-0.4, -0.2) is 14.2 Å². The summed E-state index contributed by atoms with van der Waals surface area (Å²) in [6.45, 7) is 0. The molecular weight excluding hydrogens is 308 g/mol. The third kappa shape index (κ3) is 5.22. The molecule has 7 heteroatoms. The first kappa shape index (κ1) is 15.6. The Hall–Kier alpha value is -1.83. The first-order chi connectivity index (χ1) is 10.3. The van der Waals surface area contributed by atoms with Crippen molar-refractivity contribution in [2.75, 3.05) is 14.2 Å². The number of hydrogen-bond acceptors (Lipinski definition) is 5. The van der Waals surface area contributed by atoms with E-state index in [0.717, 1.165) is 23.0 Å². The minimum absolute atomic E-state index is 0.0213. The van der Waals surface area contributed by atoms with Gasteiger partial charge in [-0.05, 0) is 48.5 Å². The standard InChI is InChI=1S/C14H15NO4P2/c1-16-11-3-7-13(8-4-11)18-20-15-21-19-14-9-5-12(17-2)6-10-14/h3-10,20H,1-2H3. The highest BCUT2D eigenvalue weighted by Crippen LogP contribution is 2.28. The van der Waals surface area contributed by atoms with Gasteiger partial charge in [0.05, 0.1) is 14.2 Å². The summed E-state index contributed by atoms with van der Waals surface area (Å²) >= 11 is 0. The molecule has 0 saturated carbocycles. The van der Waals surface area contributed by atoms with Gasteiger partial charge in [0.25, 0.3) is 0 Å². The maximum Gasteiger partial charge on any atom is 0.249 e. The summed E-state index contributed by atoms with van der Waals surface area (Å²) in [7, 11) is 3.73. The molecule has 0 aliphatic rings. The van der Waals surface area contributed by atoms with Crippen molar-refractivity contribution in [1.29, 1.82) is 0 Å². The molecule has 0 aromatic heterocycles. The van der Waals surface area contributed by atoms with Gasteiger partial charge in [-0.2, -0.15) is 4.52 Å². The van der Waals surface area contributed by atoms with E-state index in [2.05, 4.69) is 4.52 Å². The number of methoxy groups -OCH3 is 2. The van der Waals surface area contributed by atoms with Crippen molar-refractivity contribution >= 4 is 17.6 Å². The summed E-state index contributed by atoms with van der Waals surface area (Å²) in [4.78, 5) is 0. The van der Waals surface area contributed by atoms with Crippen LogP contribution in [-0.2, 0) is 0 Å². The monoisotopic (exact) mass is 323 g/mol. The van der Waals surface area contributed by atoms with Gasteiger partial charge >= 0.3 is 0 Å². The van der Waals surface area contributed by atoms with Crippen molar-refractivity contribution in [3.05, 3.63) is 48.5 Å². The van der Waals surface area contributed by atoms with Gasteiger partial charge in [0.1, 0.15) is 23.0 Å². The van der Waals surface area contributed by atoms with E-state index in [-0.39, 0.29) is 8.96 Å². The van der Waals surface area contributed by atoms with Gasteiger partial charge in [0.15, 0.2) is 0 Å². The van der Waals surface area contributed by atoms with Crippen molar-refractivity contribution in [2.24, 2.45) is 4.52 Å². The predicted molar refractivity (Wildman–Crippen MR) is 84.9 cm³/mol. The Kier molecular flexibility index (Phi) is 6.26. The van der Waals surface area contributed by atoms with Crippen molar-refractivity contribution in [1.82, 2.24) is 0 Å². The van der Waals surface area contributed by atoms with Gasteiger partial charge in [0.2, 0.25) is 17.6 Å². The van der Waals surface area contributed by atoms with Crippen LogP contribution < -0.4 is 18.5 Å². The summed E-state index contributed by atoms with van der Waals surface area (Å²) in [5, 5.41) is 0. The Morgan fingerprint density at radius 3 is 1.76 bits per heavy atom. The van der Waals surface area contributed by atoms with E-state index in [1.54, 1.807) is 14.2 Å². The first-order valence-corrected chi connectivity index (χ1v) is 7.71. The van der Waals surface area contributed by atoms with Gasteiger partial charge in [-0.15, -0.1) is 0 Å². The summed E-state index contributed by atoms with van der Waals surface area (Å²) in [5.41, 5.74) is 0. The second kappa shape index (κ2) is 8.46. The molecule has 0 spiro atoms. The third-order valence-electron chi connectivity index (χ3n) is 2.51. The predicted octanol–water partition coefficient (Wildman–Crippen LogP) is 4.71. The molecule has 2 aromatic rings. The van der Waals surface area contributed by atoms with Crippen LogP contribution in [0.15, 0.2) is 53.0 Å². The smallest absolute Gasteiger partial charge is 0.249 e. The first-order valence-electron chi connectivity index (χ1n) is 6.09. The Morgan fingerprint density at radius 2 is 1.24 bits per heavy atom. The van der Waals surface area contributed by atoms with Crippen LogP contribution in [0.25, 0.3) is 0 Å². The molecule has 0 amide bonds. The maximum atomic E-state index is 5.48. The number of nitrogens with zero attached hydrogens (tertiary/aromatic N) is 1. The van der Waals surface area contributed by atoms with Crippen LogP contribution in [0.1, 0.15) is 0 Å². The van der Waals surface area contributed by atoms with Crippen molar-refractivity contribution in [2.45, 2.75) is 0 Å². The number of benzene rings is 2. The topological polar surface area (TPSA) is 49.3 Å². The van der Waals surface area contributed by atoms with Crippen molar-refractivity contribution in [3.63, 3.8) is 0 Å². The largest absolute Gasteiger partial charge is 0.497 e. The van der Waals surface area contributed by atoms with Crippen LogP contribution in [0.4, 0.5) is 0 Å². The lowest BCUT2D eigenvalue weighted by Gasteiger charge is -2.03. The van der Waals surface area contributed by atoms with Crippen molar-refractivity contribution < 1.29 is 18.5 Å². The molecule has 2 aromatic carbocycles. The molecule has 5 nitrogen and oxygen atoms in total. The summed E-state index contributed by atoms with van der Waals surface area (Å²) in [5.74, 6) is 3.07. The van der Waals surface area contributed by atoms with E-state index in [9.17, 15) is 0 Å². The number of rotatable bonds is 7. The highest BCUT2D eigenvalue weighted by atomic mass is 31.1. The molecule has 0 N–H and O–H groups in total. The quantitative estimate of drug-likeness (QED) is 0.692. The molecule has 0 saturated heterocycles. The van der Waals surface area contributed by atoms with Gasteiger partial charge < -0.3 is 18.5 Å². The van der Waals surface area contributed by atoms with Crippen molar-refractivity contribution in [3.8, 4) is 23.0 Å². The molecule has 110 valence electrons. The average Bonchev–Trinajstić information content (AvgIpc) is 2.55. The zero-order valence-electron chi connectivity index (χ0n) is 11.6. The number of hydrogen-bond donors (Lipinski definition) is 0. The zero-order chi connectivity index (χ0) is 14.9. The molecule has 0 radical (unpaired) electrons. The maximum absolute atomic E-state index is 5.48. The fourth-order valence-electron chi connectivity index (χ4n) is 1.44. The van der Waals surface area contributed by atoms with Crippen LogP contribution in [0.2, 0.25) is 0 Å². The minimum atomic E-state index is -0.0213. The Labute approximate surface area is 127 Å². The Morgan fingerprint density at radius 1 is 0.762 bits per heavy atom. The lowest BCUT2D eigenvalue weighted by Crippen LogP contribution is -1.82. The van der Waals surface area contributed by atoms with Crippen LogP contribution in [0, 0.1) is 0 Å². The number of ether oxygens (including phenoxy) is 2. The fourth-order valence-corrected chi connectivity index (χ4v) is 2.36. The third-order valence-corrected chi connectivity index (χ3v) is 3.78.